The Morgan fingerprint density at radius 2 is 2.07 bits per heavy atom. The number of nitrogens with one attached hydrogen (secondary N) is 1. The van der Waals surface area contributed by atoms with Gasteiger partial charge >= 0.3 is 0 Å². The highest BCUT2D eigenvalue weighted by Crippen LogP contribution is 2.29. The number of aromatic amines is 1. The van der Waals surface area contributed by atoms with Crippen molar-refractivity contribution in [2.24, 2.45) is 0 Å². The third-order valence-electron chi connectivity index (χ3n) is 5.65. The standard InChI is InChI=1S/C22H23N5O/c1-13(2)27-21-15(11-23-27)10-17(14(3)24-21)22(28)26-9-8-20-18(12-26)16-6-4-5-7-19(16)25-20/h4-7,10-11,13,25H,8-9,12H2,1-3H3. The molecule has 0 fully saturated rings. The van der Waals surface area contributed by atoms with Crippen molar-refractivity contribution in [1.29, 1.82) is 0 Å². The molecule has 1 aliphatic rings. The minimum absolute atomic E-state index is 0.0418. The lowest BCUT2D eigenvalue weighted by Crippen LogP contribution is -2.36. The summed E-state index contributed by atoms with van der Waals surface area (Å²) in [5, 5.41) is 6.55. The summed E-state index contributed by atoms with van der Waals surface area (Å²) in [5.74, 6) is 0.0418. The number of para-hydroxylation sites is 1. The Kier molecular flexibility index (Phi) is 3.75. The first kappa shape index (κ1) is 17.0. The number of carbonyl (C=O) groups is 1. The molecule has 1 amide bonds. The van der Waals surface area contributed by atoms with Gasteiger partial charge in [-0.2, -0.15) is 5.10 Å². The monoisotopic (exact) mass is 373 g/mol. The number of aryl methyl sites for hydroxylation is 1. The topological polar surface area (TPSA) is 66.8 Å². The van der Waals surface area contributed by atoms with Gasteiger partial charge in [0.2, 0.25) is 0 Å². The predicted octanol–water partition coefficient (Wildman–Crippen LogP) is 4.00. The summed E-state index contributed by atoms with van der Waals surface area (Å²) in [4.78, 5) is 23.5. The largest absolute Gasteiger partial charge is 0.358 e. The molecule has 0 aliphatic carbocycles. The van der Waals surface area contributed by atoms with E-state index in [1.807, 2.05) is 34.7 Å². The first-order valence-electron chi connectivity index (χ1n) is 9.75. The lowest BCUT2D eigenvalue weighted by Gasteiger charge is -2.27. The molecule has 0 saturated carbocycles. The van der Waals surface area contributed by atoms with Crippen molar-refractivity contribution in [2.75, 3.05) is 6.54 Å². The van der Waals surface area contributed by atoms with Crippen LogP contribution >= 0.6 is 0 Å². The van der Waals surface area contributed by atoms with Gasteiger partial charge in [0, 0.05) is 53.1 Å². The van der Waals surface area contributed by atoms with Gasteiger partial charge in [-0.1, -0.05) is 18.2 Å². The van der Waals surface area contributed by atoms with Crippen molar-refractivity contribution in [2.45, 2.75) is 39.8 Å². The van der Waals surface area contributed by atoms with Crippen LogP contribution in [0.3, 0.4) is 0 Å². The molecule has 0 radical (unpaired) electrons. The highest BCUT2D eigenvalue weighted by atomic mass is 16.2. The first-order chi connectivity index (χ1) is 13.5. The molecule has 0 unspecified atom stereocenters. The second kappa shape index (κ2) is 6.19. The van der Waals surface area contributed by atoms with Gasteiger partial charge in [0.05, 0.1) is 17.5 Å². The van der Waals surface area contributed by atoms with E-state index in [1.165, 1.54) is 16.6 Å². The maximum Gasteiger partial charge on any atom is 0.256 e. The summed E-state index contributed by atoms with van der Waals surface area (Å²) in [7, 11) is 0. The second-order valence-corrected chi connectivity index (χ2v) is 7.82. The van der Waals surface area contributed by atoms with Crippen molar-refractivity contribution in [1.82, 2.24) is 24.6 Å². The van der Waals surface area contributed by atoms with Gasteiger partial charge < -0.3 is 9.88 Å². The van der Waals surface area contributed by atoms with E-state index >= 15 is 0 Å². The summed E-state index contributed by atoms with van der Waals surface area (Å²) < 4.78 is 1.90. The van der Waals surface area contributed by atoms with Crippen molar-refractivity contribution in [3.05, 3.63) is 59.0 Å². The summed E-state index contributed by atoms with van der Waals surface area (Å²) >= 11 is 0. The Hall–Kier alpha value is -3.15. The van der Waals surface area contributed by atoms with Crippen molar-refractivity contribution >= 4 is 27.8 Å². The zero-order chi connectivity index (χ0) is 19.4. The minimum atomic E-state index is 0.0418. The van der Waals surface area contributed by atoms with Crippen LogP contribution in [0.2, 0.25) is 0 Å². The van der Waals surface area contributed by atoms with Gasteiger partial charge in [-0.05, 0) is 32.9 Å². The Balaban J connectivity index is 1.51. The van der Waals surface area contributed by atoms with Crippen LogP contribution in [0.15, 0.2) is 36.5 Å². The number of rotatable bonds is 2. The molecule has 28 heavy (non-hydrogen) atoms. The van der Waals surface area contributed by atoms with E-state index in [4.69, 9.17) is 4.98 Å². The van der Waals surface area contributed by atoms with Crippen LogP contribution in [0.4, 0.5) is 0 Å². The number of amides is 1. The van der Waals surface area contributed by atoms with E-state index in [0.29, 0.717) is 18.7 Å². The predicted molar refractivity (Wildman–Crippen MR) is 109 cm³/mol. The van der Waals surface area contributed by atoms with Gasteiger partial charge in [-0.3, -0.25) is 4.79 Å². The average molecular weight is 373 g/mol. The molecule has 4 heterocycles. The van der Waals surface area contributed by atoms with E-state index in [9.17, 15) is 4.79 Å². The Morgan fingerprint density at radius 1 is 1.25 bits per heavy atom. The lowest BCUT2D eigenvalue weighted by molar-refractivity contribution is 0.0734. The Bertz CT molecular complexity index is 1220. The minimum Gasteiger partial charge on any atom is -0.358 e. The number of H-pyrrole nitrogens is 1. The quantitative estimate of drug-likeness (QED) is 0.577. The highest BCUT2D eigenvalue weighted by Gasteiger charge is 2.26. The van der Waals surface area contributed by atoms with E-state index in [-0.39, 0.29) is 11.9 Å². The van der Waals surface area contributed by atoms with Crippen LogP contribution in [0.25, 0.3) is 21.9 Å². The van der Waals surface area contributed by atoms with Crippen molar-refractivity contribution < 1.29 is 4.79 Å². The number of fused-ring (bicyclic) bond motifs is 4. The van der Waals surface area contributed by atoms with E-state index in [2.05, 4.69) is 36.1 Å². The highest BCUT2D eigenvalue weighted by molar-refractivity contribution is 5.98. The molecular weight excluding hydrogens is 350 g/mol. The smallest absolute Gasteiger partial charge is 0.256 e. The van der Waals surface area contributed by atoms with E-state index in [0.717, 1.165) is 28.7 Å². The Morgan fingerprint density at radius 3 is 2.89 bits per heavy atom. The van der Waals surface area contributed by atoms with Gasteiger partial charge in [-0.25, -0.2) is 9.67 Å². The number of benzene rings is 1. The van der Waals surface area contributed by atoms with Crippen LogP contribution in [-0.2, 0) is 13.0 Å². The second-order valence-electron chi connectivity index (χ2n) is 7.82. The number of pyridine rings is 1. The number of nitrogens with zero attached hydrogens (tertiary/aromatic N) is 4. The van der Waals surface area contributed by atoms with Gasteiger partial charge in [-0.15, -0.1) is 0 Å². The van der Waals surface area contributed by atoms with Crippen LogP contribution < -0.4 is 0 Å². The number of hydrogen-bond acceptors (Lipinski definition) is 3. The molecule has 0 spiro atoms. The molecule has 142 valence electrons. The fraction of sp³-hybridized carbons (Fsp3) is 0.318. The van der Waals surface area contributed by atoms with Crippen LogP contribution in [0.1, 0.15) is 47.2 Å². The first-order valence-corrected chi connectivity index (χ1v) is 9.75. The summed E-state index contributed by atoms with van der Waals surface area (Å²) in [6.45, 7) is 7.40. The Labute approximate surface area is 163 Å². The third-order valence-corrected chi connectivity index (χ3v) is 5.65. The SMILES string of the molecule is Cc1nc2c(cnn2C(C)C)cc1C(=O)N1CCc2[nH]c3ccccc3c2C1. The number of hydrogen-bond donors (Lipinski definition) is 1. The van der Waals surface area contributed by atoms with Gasteiger partial charge in [0.15, 0.2) is 5.65 Å². The van der Waals surface area contributed by atoms with Gasteiger partial charge in [0.25, 0.3) is 5.91 Å². The summed E-state index contributed by atoms with van der Waals surface area (Å²) in [6, 6.07) is 10.5. The molecule has 1 N–H and O–H groups in total. The third kappa shape index (κ3) is 2.52. The van der Waals surface area contributed by atoms with Gasteiger partial charge in [0.1, 0.15) is 0 Å². The lowest BCUT2D eigenvalue weighted by atomic mass is 10.0. The maximum absolute atomic E-state index is 13.3. The molecule has 1 aromatic carbocycles. The van der Waals surface area contributed by atoms with Crippen molar-refractivity contribution in [3.8, 4) is 0 Å². The molecule has 4 aromatic rings. The molecule has 0 saturated heterocycles. The zero-order valence-corrected chi connectivity index (χ0v) is 16.4. The van der Waals surface area contributed by atoms with Crippen molar-refractivity contribution in [3.63, 3.8) is 0 Å². The zero-order valence-electron chi connectivity index (χ0n) is 16.4. The molecule has 3 aromatic heterocycles. The molecule has 6 nitrogen and oxygen atoms in total. The van der Waals surface area contributed by atoms with Crippen LogP contribution in [-0.4, -0.2) is 37.1 Å². The maximum atomic E-state index is 13.3. The molecule has 1 aliphatic heterocycles. The normalized spacial score (nSPS) is 14.2. The fourth-order valence-corrected chi connectivity index (χ4v) is 4.17. The fourth-order valence-electron chi connectivity index (χ4n) is 4.17. The summed E-state index contributed by atoms with van der Waals surface area (Å²) in [6.07, 6.45) is 2.64. The molecular formula is C22H23N5O. The molecule has 6 heteroatoms. The van der Waals surface area contributed by atoms with Crippen LogP contribution in [0, 0.1) is 6.92 Å². The van der Waals surface area contributed by atoms with E-state index < -0.39 is 0 Å². The van der Waals surface area contributed by atoms with Crippen LogP contribution in [0.5, 0.6) is 0 Å². The average Bonchev–Trinajstić information content (AvgIpc) is 3.27. The van der Waals surface area contributed by atoms with E-state index in [1.54, 1.807) is 6.20 Å². The molecule has 0 bridgehead atoms. The summed E-state index contributed by atoms with van der Waals surface area (Å²) in [5.41, 5.74) is 5.87. The number of carbonyl (C=O) groups excluding carboxylic acids is 1. The molecule has 5 rings (SSSR count). The molecule has 0 atom stereocenters. The number of aromatic nitrogens is 4.